The Hall–Kier alpha value is -2.04. The maximum Gasteiger partial charge on any atom is 0.260 e. The van der Waals surface area contributed by atoms with Gasteiger partial charge in [-0.1, -0.05) is 5.16 Å². The SMILES string of the molecule is C/C(=N/O)c1ccc(OCC(=O)N2CCCC2)cc1. The minimum absolute atomic E-state index is 0.0367. The zero-order valence-corrected chi connectivity index (χ0v) is 11.0. The number of carbonyl (C=O) groups excluding carboxylic acids is 1. The first-order valence-corrected chi connectivity index (χ1v) is 6.40. The van der Waals surface area contributed by atoms with E-state index in [2.05, 4.69) is 5.16 Å². The summed E-state index contributed by atoms with van der Waals surface area (Å²) < 4.78 is 5.45. The number of likely N-dealkylation sites (tertiary alicyclic amines) is 1. The molecule has 0 atom stereocenters. The van der Waals surface area contributed by atoms with Crippen molar-refractivity contribution in [2.45, 2.75) is 19.8 Å². The number of benzene rings is 1. The lowest BCUT2D eigenvalue weighted by molar-refractivity contribution is -0.132. The summed E-state index contributed by atoms with van der Waals surface area (Å²) in [6.45, 7) is 3.47. The Morgan fingerprint density at radius 3 is 2.53 bits per heavy atom. The van der Waals surface area contributed by atoms with Crippen molar-refractivity contribution in [1.29, 1.82) is 0 Å². The normalized spacial score (nSPS) is 15.6. The number of oxime groups is 1. The Bertz CT molecular complexity index is 462. The van der Waals surface area contributed by atoms with Crippen LogP contribution >= 0.6 is 0 Å². The molecule has 19 heavy (non-hydrogen) atoms. The van der Waals surface area contributed by atoms with Gasteiger partial charge in [-0.2, -0.15) is 0 Å². The number of amides is 1. The standard InChI is InChI=1S/C14H18N2O3/c1-11(15-18)12-4-6-13(7-5-12)19-10-14(17)16-8-2-3-9-16/h4-7,18H,2-3,8-10H2,1H3/b15-11-. The Kier molecular flexibility index (Phi) is 4.39. The van der Waals surface area contributed by atoms with Crippen LogP contribution in [0, 0.1) is 0 Å². The molecule has 1 heterocycles. The van der Waals surface area contributed by atoms with Gasteiger partial charge in [0, 0.05) is 13.1 Å². The first-order valence-electron chi connectivity index (χ1n) is 6.40. The lowest BCUT2D eigenvalue weighted by Crippen LogP contribution is -2.32. The van der Waals surface area contributed by atoms with E-state index in [4.69, 9.17) is 9.94 Å². The second-order valence-corrected chi connectivity index (χ2v) is 4.59. The van der Waals surface area contributed by atoms with Gasteiger partial charge in [-0.25, -0.2) is 0 Å². The summed E-state index contributed by atoms with van der Waals surface area (Å²) in [5.41, 5.74) is 1.36. The van der Waals surface area contributed by atoms with Crippen LogP contribution in [-0.2, 0) is 4.79 Å². The second-order valence-electron chi connectivity index (χ2n) is 4.59. The average molecular weight is 262 g/mol. The summed E-state index contributed by atoms with van der Waals surface area (Å²) >= 11 is 0. The lowest BCUT2D eigenvalue weighted by Gasteiger charge is -2.15. The Balaban J connectivity index is 1.87. The van der Waals surface area contributed by atoms with E-state index in [1.807, 2.05) is 4.90 Å². The molecule has 1 N–H and O–H groups in total. The fourth-order valence-electron chi connectivity index (χ4n) is 2.05. The third-order valence-corrected chi connectivity index (χ3v) is 3.24. The minimum Gasteiger partial charge on any atom is -0.484 e. The molecule has 1 fully saturated rings. The summed E-state index contributed by atoms with van der Waals surface area (Å²) in [4.78, 5) is 13.6. The molecule has 1 aliphatic rings. The van der Waals surface area contributed by atoms with Crippen molar-refractivity contribution >= 4 is 11.6 Å². The van der Waals surface area contributed by atoms with E-state index in [9.17, 15) is 4.79 Å². The maximum absolute atomic E-state index is 11.8. The van der Waals surface area contributed by atoms with Gasteiger partial charge in [-0.15, -0.1) is 0 Å². The highest BCUT2D eigenvalue weighted by Crippen LogP contribution is 2.14. The van der Waals surface area contributed by atoms with Crippen molar-refractivity contribution in [1.82, 2.24) is 4.90 Å². The molecule has 5 nitrogen and oxygen atoms in total. The molecule has 0 saturated carbocycles. The molecule has 1 amide bonds. The van der Waals surface area contributed by atoms with E-state index in [1.165, 1.54) is 0 Å². The van der Waals surface area contributed by atoms with Crippen molar-refractivity contribution in [3.05, 3.63) is 29.8 Å². The van der Waals surface area contributed by atoms with Crippen molar-refractivity contribution in [3.8, 4) is 5.75 Å². The van der Waals surface area contributed by atoms with Gasteiger partial charge in [0.15, 0.2) is 6.61 Å². The minimum atomic E-state index is 0.0367. The fraction of sp³-hybridized carbons (Fsp3) is 0.429. The van der Waals surface area contributed by atoms with E-state index in [1.54, 1.807) is 31.2 Å². The molecule has 0 spiro atoms. The van der Waals surface area contributed by atoms with Crippen LogP contribution in [0.3, 0.4) is 0 Å². The molecule has 0 bridgehead atoms. The van der Waals surface area contributed by atoms with Crippen molar-refractivity contribution in [2.75, 3.05) is 19.7 Å². The van der Waals surface area contributed by atoms with Crippen LogP contribution in [0.4, 0.5) is 0 Å². The van der Waals surface area contributed by atoms with E-state index >= 15 is 0 Å². The lowest BCUT2D eigenvalue weighted by atomic mass is 10.1. The zero-order chi connectivity index (χ0) is 13.7. The average Bonchev–Trinajstić information content (AvgIpc) is 2.98. The molecule has 0 unspecified atom stereocenters. The topological polar surface area (TPSA) is 62.1 Å². The van der Waals surface area contributed by atoms with Gasteiger partial charge < -0.3 is 14.8 Å². The highest BCUT2D eigenvalue weighted by atomic mass is 16.5. The predicted octanol–water partition coefficient (Wildman–Crippen LogP) is 1.89. The van der Waals surface area contributed by atoms with Crippen LogP contribution in [0.15, 0.2) is 29.4 Å². The van der Waals surface area contributed by atoms with Crippen LogP contribution < -0.4 is 4.74 Å². The number of hydrogen-bond donors (Lipinski definition) is 1. The molecule has 0 radical (unpaired) electrons. The van der Waals surface area contributed by atoms with Crippen LogP contribution in [-0.4, -0.2) is 41.4 Å². The van der Waals surface area contributed by atoms with Gasteiger partial charge in [0.25, 0.3) is 5.91 Å². The molecule has 1 aromatic carbocycles. The number of hydrogen-bond acceptors (Lipinski definition) is 4. The largest absolute Gasteiger partial charge is 0.484 e. The molecule has 1 saturated heterocycles. The summed E-state index contributed by atoms with van der Waals surface area (Å²) in [7, 11) is 0. The van der Waals surface area contributed by atoms with Gasteiger partial charge in [-0.05, 0) is 49.6 Å². The van der Waals surface area contributed by atoms with Gasteiger partial charge in [-0.3, -0.25) is 4.79 Å². The summed E-state index contributed by atoms with van der Waals surface area (Å²) in [6, 6.07) is 7.12. The molecule has 0 aromatic heterocycles. The van der Waals surface area contributed by atoms with Gasteiger partial charge in [0.1, 0.15) is 5.75 Å². The number of nitrogens with zero attached hydrogens (tertiary/aromatic N) is 2. The quantitative estimate of drug-likeness (QED) is 0.512. The summed E-state index contributed by atoms with van der Waals surface area (Å²) in [5, 5.41) is 11.8. The zero-order valence-electron chi connectivity index (χ0n) is 11.0. The third-order valence-electron chi connectivity index (χ3n) is 3.24. The smallest absolute Gasteiger partial charge is 0.260 e. The molecule has 0 aliphatic carbocycles. The van der Waals surface area contributed by atoms with E-state index < -0.39 is 0 Å². The van der Waals surface area contributed by atoms with Gasteiger partial charge in [0.2, 0.25) is 0 Å². The van der Waals surface area contributed by atoms with Crippen LogP contribution in [0.2, 0.25) is 0 Å². The molecular formula is C14H18N2O3. The van der Waals surface area contributed by atoms with Crippen LogP contribution in [0.5, 0.6) is 5.75 Å². The Morgan fingerprint density at radius 1 is 1.32 bits per heavy atom. The number of rotatable bonds is 4. The molecule has 1 aromatic rings. The van der Waals surface area contributed by atoms with Crippen molar-refractivity contribution in [3.63, 3.8) is 0 Å². The monoisotopic (exact) mass is 262 g/mol. The second kappa shape index (κ2) is 6.22. The Morgan fingerprint density at radius 2 is 1.95 bits per heavy atom. The molecule has 5 heteroatoms. The first kappa shape index (κ1) is 13.4. The highest BCUT2D eigenvalue weighted by molar-refractivity contribution is 5.98. The summed E-state index contributed by atoms with van der Waals surface area (Å²) in [5.74, 6) is 0.678. The highest BCUT2D eigenvalue weighted by Gasteiger charge is 2.17. The maximum atomic E-state index is 11.8. The summed E-state index contributed by atoms with van der Waals surface area (Å²) in [6.07, 6.45) is 2.17. The predicted molar refractivity (Wildman–Crippen MR) is 71.7 cm³/mol. The molecule has 2 rings (SSSR count). The molecular weight excluding hydrogens is 244 g/mol. The number of ether oxygens (including phenoxy) is 1. The van der Waals surface area contributed by atoms with Gasteiger partial charge in [0.05, 0.1) is 5.71 Å². The number of carbonyl (C=O) groups is 1. The Labute approximate surface area is 112 Å². The molecule has 1 aliphatic heterocycles. The van der Waals surface area contributed by atoms with Crippen LogP contribution in [0.1, 0.15) is 25.3 Å². The van der Waals surface area contributed by atoms with Crippen molar-refractivity contribution in [2.24, 2.45) is 5.16 Å². The molecule has 102 valence electrons. The fourth-order valence-corrected chi connectivity index (χ4v) is 2.05. The first-order chi connectivity index (χ1) is 9.20. The van der Waals surface area contributed by atoms with E-state index in [-0.39, 0.29) is 12.5 Å². The third kappa shape index (κ3) is 3.47. The van der Waals surface area contributed by atoms with E-state index in [0.29, 0.717) is 11.5 Å². The van der Waals surface area contributed by atoms with E-state index in [0.717, 1.165) is 31.5 Å². The van der Waals surface area contributed by atoms with Gasteiger partial charge >= 0.3 is 0 Å². The van der Waals surface area contributed by atoms with Crippen molar-refractivity contribution < 1.29 is 14.7 Å². The van der Waals surface area contributed by atoms with Crippen LogP contribution in [0.25, 0.3) is 0 Å².